The zero-order valence-electron chi connectivity index (χ0n) is 15.2. The summed E-state index contributed by atoms with van der Waals surface area (Å²) in [5.74, 6) is 0.816. The number of carbonyl (C=O) groups is 1. The average Bonchev–Trinajstić information content (AvgIpc) is 3.17. The van der Waals surface area contributed by atoms with Crippen LogP contribution in [0.25, 0.3) is 0 Å². The van der Waals surface area contributed by atoms with Crippen molar-refractivity contribution in [2.24, 2.45) is 5.92 Å². The molecule has 1 saturated heterocycles. The van der Waals surface area contributed by atoms with Gasteiger partial charge in [-0.1, -0.05) is 0 Å². The standard InChI is InChI=1S/C19H26N4O2/c1-14-10-15(2)23(21-14)9-6-19(24)22-11-17(13-25-3)18(12-22)16-4-7-20-8-5-16/h4-5,7-8,10,17-18H,6,9,11-13H2,1-3H3/t17-,18-/m0/s1. The summed E-state index contributed by atoms with van der Waals surface area (Å²) in [7, 11) is 1.72. The summed E-state index contributed by atoms with van der Waals surface area (Å²) >= 11 is 0. The van der Waals surface area contributed by atoms with Gasteiger partial charge in [-0.3, -0.25) is 14.5 Å². The first-order valence-corrected chi connectivity index (χ1v) is 8.76. The smallest absolute Gasteiger partial charge is 0.224 e. The molecule has 0 spiro atoms. The van der Waals surface area contributed by atoms with E-state index in [0.717, 1.165) is 24.5 Å². The van der Waals surface area contributed by atoms with Crippen molar-refractivity contribution in [3.05, 3.63) is 47.5 Å². The fourth-order valence-corrected chi connectivity index (χ4v) is 3.71. The van der Waals surface area contributed by atoms with Gasteiger partial charge in [0.1, 0.15) is 0 Å². The molecule has 134 valence electrons. The summed E-state index contributed by atoms with van der Waals surface area (Å²) in [6.45, 7) is 6.78. The first-order valence-electron chi connectivity index (χ1n) is 8.76. The molecule has 0 aromatic carbocycles. The van der Waals surface area contributed by atoms with E-state index in [1.54, 1.807) is 7.11 Å². The van der Waals surface area contributed by atoms with Gasteiger partial charge in [-0.2, -0.15) is 5.10 Å². The maximum absolute atomic E-state index is 12.7. The molecular weight excluding hydrogens is 316 g/mol. The highest BCUT2D eigenvalue weighted by molar-refractivity contribution is 5.76. The molecular formula is C19H26N4O2. The Morgan fingerprint density at radius 1 is 1.28 bits per heavy atom. The molecule has 6 nitrogen and oxygen atoms in total. The number of rotatable bonds is 6. The Morgan fingerprint density at radius 2 is 2.04 bits per heavy atom. The third-order valence-electron chi connectivity index (χ3n) is 4.95. The molecule has 2 aromatic rings. The van der Waals surface area contributed by atoms with Crippen LogP contribution in [0.2, 0.25) is 0 Å². The van der Waals surface area contributed by atoms with Crippen LogP contribution in [0.15, 0.2) is 30.6 Å². The van der Waals surface area contributed by atoms with E-state index in [0.29, 0.717) is 31.4 Å². The van der Waals surface area contributed by atoms with Gasteiger partial charge >= 0.3 is 0 Å². The normalized spacial score (nSPS) is 20.2. The molecule has 3 heterocycles. The molecule has 0 radical (unpaired) electrons. The molecule has 0 unspecified atom stereocenters. The largest absolute Gasteiger partial charge is 0.384 e. The van der Waals surface area contributed by atoms with E-state index < -0.39 is 0 Å². The number of ether oxygens (including phenoxy) is 1. The lowest BCUT2D eigenvalue weighted by Gasteiger charge is -2.17. The van der Waals surface area contributed by atoms with Gasteiger partial charge in [0.2, 0.25) is 5.91 Å². The predicted molar refractivity (Wildman–Crippen MR) is 95.2 cm³/mol. The highest BCUT2D eigenvalue weighted by Gasteiger charge is 2.35. The summed E-state index contributed by atoms with van der Waals surface area (Å²) in [6.07, 6.45) is 4.10. The topological polar surface area (TPSA) is 60.2 Å². The van der Waals surface area contributed by atoms with Crippen LogP contribution >= 0.6 is 0 Å². The molecule has 25 heavy (non-hydrogen) atoms. The third-order valence-corrected chi connectivity index (χ3v) is 4.95. The van der Waals surface area contributed by atoms with Crippen molar-refractivity contribution >= 4 is 5.91 Å². The number of pyridine rings is 1. The lowest BCUT2D eigenvalue weighted by Crippen LogP contribution is -2.30. The van der Waals surface area contributed by atoms with Crippen molar-refractivity contribution < 1.29 is 9.53 Å². The molecule has 0 N–H and O–H groups in total. The number of aryl methyl sites for hydroxylation is 3. The quantitative estimate of drug-likeness (QED) is 0.807. The fourth-order valence-electron chi connectivity index (χ4n) is 3.71. The summed E-state index contributed by atoms with van der Waals surface area (Å²) in [6, 6.07) is 6.11. The van der Waals surface area contributed by atoms with Crippen molar-refractivity contribution in [2.75, 3.05) is 26.8 Å². The maximum atomic E-state index is 12.7. The molecule has 6 heteroatoms. The number of carbonyl (C=O) groups excluding carboxylic acids is 1. The van der Waals surface area contributed by atoms with E-state index in [1.165, 1.54) is 5.56 Å². The Hall–Kier alpha value is -2.21. The summed E-state index contributed by atoms with van der Waals surface area (Å²) in [5, 5.41) is 4.43. The molecule has 0 saturated carbocycles. The first-order chi connectivity index (χ1) is 12.1. The van der Waals surface area contributed by atoms with E-state index in [4.69, 9.17) is 4.74 Å². The van der Waals surface area contributed by atoms with Crippen molar-refractivity contribution in [3.63, 3.8) is 0 Å². The Morgan fingerprint density at radius 3 is 2.68 bits per heavy atom. The van der Waals surface area contributed by atoms with Crippen LogP contribution in [0.5, 0.6) is 0 Å². The predicted octanol–water partition coefficient (Wildman–Crippen LogP) is 2.17. The van der Waals surface area contributed by atoms with Gasteiger partial charge < -0.3 is 9.64 Å². The van der Waals surface area contributed by atoms with Gasteiger partial charge in [-0.05, 0) is 37.6 Å². The Kier molecular flexibility index (Phi) is 5.48. The lowest BCUT2D eigenvalue weighted by molar-refractivity contribution is -0.130. The number of aromatic nitrogens is 3. The second-order valence-electron chi connectivity index (χ2n) is 6.80. The van der Waals surface area contributed by atoms with Crippen molar-refractivity contribution in [2.45, 2.75) is 32.7 Å². The zero-order chi connectivity index (χ0) is 17.8. The highest BCUT2D eigenvalue weighted by Crippen LogP contribution is 2.33. The summed E-state index contributed by atoms with van der Waals surface area (Å²) < 4.78 is 7.30. The van der Waals surface area contributed by atoms with Gasteiger partial charge in [0.05, 0.1) is 12.3 Å². The fraction of sp³-hybridized carbons (Fsp3) is 0.526. The maximum Gasteiger partial charge on any atom is 0.224 e. The molecule has 1 aliphatic heterocycles. The van der Waals surface area contributed by atoms with Crippen LogP contribution in [-0.2, 0) is 16.1 Å². The van der Waals surface area contributed by atoms with Crippen molar-refractivity contribution in [3.8, 4) is 0 Å². The van der Waals surface area contributed by atoms with Crippen molar-refractivity contribution in [1.82, 2.24) is 19.7 Å². The van der Waals surface area contributed by atoms with Crippen molar-refractivity contribution in [1.29, 1.82) is 0 Å². The van der Waals surface area contributed by atoms with Gasteiger partial charge in [-0.15, -0.1) is 0 Å². The molecule has 2 aromatic heterocycles. The monoisotopic (exact) mass is 342 g/mol. The second kappa shape index (κ2) is 7.78. The highest BCUT2D eigenvalue weighted by atomic mass is 16.5. The first kappa shape index (κ1) is 17.6. The zero-order valence-corrected chi connectivity index (χ0v) is 15.2. The molecule has 1 aliphatic rings. The third kappa shape index (κ3) is 4.07. The number of likely N-dealkylation sites (tertiary alicyclic amines) is 1. The minimum absolute atomic E-state index is 0.185. The number of hydrogen-bond donors (Lipinski definition) is 0. The van der Waals surface area contributed by atoms with E-state index in [1.807, 2.05) is 54.0 Å². The summed E-state index contributed by atoms with van der Waals surface area (Å²) in [4.78, 5) is 18.8. The summed E-state index contributed by atoms with van der Waals surface area (Å²) in [5.41, 5.74) is 3.31. The van der Waals surface area contributed by atoms with Crippen LogP contribution in [0.3, 0.4) is 0 Å². The number of nitrogens with zero attached hydrogens (tertiary/aromatic N) is 4. The van der Waals surface area contributed by atoms with Crippen LogP contribution in [0.1, 0.15) is 29.3 Å². The number of methoxy groups -OCH3 is 1. The number of amides is 1. The molecule has 2 atom stereocenters. The Bertz CT molecular complexity index is 713. The van der Waals surface area contributed by atoms with Gasteiger partial charge in [0.25, 0.3) is 0 Å². The van der Waals surface area contributed by atoms with E-state index in [-0.39, 0.29) is 5.91 Å². The minimum Gasteiger partial charge on any atom is -0.384 e. The van der Waals surface area contributed by atoms with Gasteiger partial charge in [-0.25, -0.2) is 0 Å². The Balaban J connectivity index is 1.64. The molecule has 0 bridgehead atoms. The van der Waals surface area contributed by atoms with Gasteiger partial charge in [0, 0.05) is 63.1 Å². The Labute approximate surface area is 148 Å². The SMILES string of the molecule is COC[C@@H]1CN(C(=O)CCn2nc(C)cc2C)C[C@H]1c1ccncc1. The van der Waals surface area contributed by atoms with E-state index in [2.05, 4.69) is 10.1 Å². The lowest BCUT2D eigenvalue weighted by atomic mass is 9.90. The van der Waals surface area contributed by atoms with Gasteiger partial charge in [0.15, 0.2) is 0 Å². The molecule has 0 aliphatic carbocycles. The average molecular weight is 342 g/mol. The second-order valence-corrected chi connectivity index (χ2v) is 6.80. The van der Waals surface area contributed by atoms with Crippen LogP contribution in [0, 0.1) is 19.8 Å². The number of hydrogen-bond acceptors (Lipinski definition) is 4. The molecule has 1 fully saturated rings. The van der Waals surface area contributed by atoms with E-state index >= 15 is 0 Å². The van der Waals surface area contributed by atoms with Crippen LogP contribution in [-0.4, -0.2) is 52.4 Å². The van der Waals surface area contributed by atoms with Crippen LogP contribution < -0.4 is 0 Å². The minimum atomic E-state index is 0.185. The molecule has 3 rings (SSSR count). The van der Waals surface area contributed by atoms with E-state index in [9.17, 15) is 4.79 Å². The van der Waals surface area contributed by atoms with Crippen LogP contribution in [0.4, 0.5) is 0 Å². The molecule has 1 amide bonds.